The van der Waals surface area contributed by atoms with Gasteiger partial charge in [0.15, 0.2) is 0 Å². The van der Waals surface area contributed by atoms with E-state index >= 15 is 0 Å². The van der Waals surface area contributed by atoms with Crippen molar-refractivity contribution in [3.63, 3.8) is 0 Å². The van der Waals surface area contributed by atoms with E-state index in [2.05, 4.69) is 20.5 Å². The molecule has 0 aliphatic rings. The highest BCUT2D eigenvalue weighted by Gasteiger charge is 2.08. The molecule has 0 saturated carbocycles. The van der Waals surface area contributed by atoms with E-state index < -0.39 is 0 Å². The van der Waals surface area contributed by atoms with Gasteiger partial charge in [-0.05, 0) is 24.6 Å². The Hall–Kier alpha value is -2.17. The molecule has 1 amide bonds. The predicted molar refractivity (Wildman–Crippen MR) is 55.5 cm³/mol. The molecule has 5 heteroatoms. The molecule has 0 aliphatic heterocycles. The van der Waals surface area contributed by atoms with Gasteiger partial charge in [-0.1, -0.05) is 12.1 Å². The number of carbonyl (C=O) groups excluding carboxylic acids is 1. The van der Waals surface area contributed by atoms with Crippen LogP contribution in [-0.4, -0.2) is 21.1 Å². The Bertz CT molecular complexity index is 464. The van der Waals surface area contributed by atoms with Crippen LogP contribution in [0.5, 0.6) is 0 Å². The molecular formula is C10H10N4O. The Morgan fingerprint density at radius 1 is 1.47 bits per heavy atom. The lowest BCUT2D eigenvalue weighted by molar-refractivity contribution is 0.101. The third-order valence-corrected chi connectivity index (χ3v) is 1.89. The summed E-state index contributed by atoms with van der Waals surface area (Å²) in [7, 11) is 0. The Morgan fingerprint density at radius 2 is 2.33 bits per heavy atom. The smallest absolute Gasteiger partial charge is 0.295 e. The van der Waals surface area contributed by atoms with Gasteiger partial charge in [-0.3, -0.25) is 9.89 Å². The van der Waals surface area contributed by atoms with E-state index in [1.807, 2.05) is 31.2 Å². The number of carbonyl (C=O) groups is 1. The normalized spacial score (nSPS) is 9.93. The van der Waals surface area contributed by atoms with Gasteiger partial charge >= 0.3 is 0 Å². The highest BCUT2D eigenvalue weighted by Crippen LogP contribution is 2.09. The van der Waals surface area contributed by atoms with Crippen molar-refractivity contribution in [3.8, 4) is 0 Å². The highest BCUT2D eigenvalue weighted by atomic mass is 16.2. The van der Waals surface area contributed by atoms with Gasteiger partial charge < -0.3 is 5.32 Å². The average Bonchev–Trinajstić information content (AvgIpc) is 2.70. The van der Waals surface area contributed by atoms with Crippen molar-refractivity contribution in [2.75, 3.05) is 5.32 Å². The van der Waals surface area contributed by atoms with E-state index in [1.165, 1.54) is 6.33 Å². The Kier molecular flexibility index (Phi) is 2.45. The van der Waals surface area contributed by atoms with Crippen molar-refractivity contribution < 1.29 is 4.79 Å². The van der Waals surface area contributed by atoms with E-state index in [0.717, 1.165) is 11.3 Å². The van der Waals surface area contributed by atoms with Gasteiger partial charge in [-0.15, -0.1) is 5.10 Å². The molecule has 5 nitrogen and oxygen atoms in total. The maximum atomic E-state index is 11.5. The molecule has 0 spiro atoms. The number of hydrogen-bond acceptors (Lipinski definition) is 3. The molecule has 0 atom stereocenters. The number of anilines is 1. The summed E-state index contributed by atoms with van der Waals surface area (Å²) >= 11 is 0. The molecule has 76 valence electrons. The van der Waals surface area contributed by atoms with E-state index in [4.69, 9.17) is 0 Å². The maximum Gasteiger partial charge on any atom is 0.295 e. The van der Waals surface area contributed by atoms with Crippen LogP contribution in [-0.2, 0) is 0 Å². The molecule has 15 heavy (non-hydrogen) atoms. The first-order chi connectivity index (χ1) is 7.25. The fourth-order valence-electron chi connectivity index (χ4n) is 1.23. The van der Waals surface area contributed by atoms with Crippen LogP contribution in [0.4, 0.5) is 5.69 Å². The molecule has 0 bridgehead atoms. The average molecular weight is 202 g/mol. The molecule has 0 saturated heterocycles. The molecule has 2 rings (SSSR count). The first-order valence-corrected chi connectivity index (χ1v) is 4.49. The van der Waals surface area contributed by atoms with Crippen LogP contribution >= 0.6 is 0 Å². The molecule has 0 aliphatic carbocycles. The minimum atomic E-state index is -0.318. The largest absolute Gasteiger partial charge is 0.319 e. The third kappa shape index (κ3) is 2.19. The number of hydrogen-bond donors (Lipinski definition) is 2. The van der Waals surface area contributed by atoms with Crippen LogP contribution in [0.2, 0.25) is 0 Å². The quantitative estimate of drug-likeness (QED) is 0.772. The van der Waals surface area contributed by atoms with E-state index in [-0.39, 0.29) is 11.7 Å². The van der Waals surface area contributed by atoms with Crippen molar-refractivity contribution >= 4 is 11.6 Å². The van der Waals surface area contributed by atoms with Crippen molar-refractivity contribution in [1.29, 1.82) is 0 Å². The molecule has 2 aromatic rings. The second kappa shape index (κ2) is 3.91. The topological polar surface area (TPSA) is 70.7 Å². The summed E-state index contributed by atoms with van der Waals surface area (Å²) in [6, 6.07) is 7.54. The van der Waals surface area contributed by atoms with Gasteiger partial charge in [-0.2, -0.15) is 0 Å². The van der Waals surface area contributed by atoms with E-state index in [1.54, 1.807) is 0 Å². The zero-order valence-corrected chi connectivity index (χ0v) is 8.19. The Morgan fingerprint density at radius 3 is 3.00 bits per heavy atom. The summed E-state index contributed by atoms with van der Waals surface area (Å²) in [5, 5.41) is 8.87. The number of aryl methyl sites for hydroxylation is 1. The van der Waals surface area contributed by atoms with Crippen molar-refractivity contribution in [3.05, 3.63) is 42.0 Å². The minimum absolute atomic E-state index is 0.136. The monoisotopic (exact) mass is 202 g/mol. The third-order valence-electron chi connectivity index (χ3n) is 1.89. The number of nitrogens with zero attached hydrogens (tertiary/aromatic N) is 2. The highest BCUT2D eigenvalue weighted by molar-refractivity contribution is 6.01. The number of aromatic amines is 1. The van der Waals surface area contributed by atoms with Crippen molar-refractivity contribution in [1.82, 2.24) is 15.2 Å². The van der Waals surface area contributed by atoms with Gasteiger partial charge in [0.25, 0.3) is 5.91 Å². The summed E-state index contributed by atoms with van der Waals surface area (Å²) in [6.45, 7) is 1.96. The number of amides is 1. The predicted octanol–water partition coefficient (Wildman–Crippen LogP) is 1.37. The second-order valence-electron chi connectivity index (χ2n) is 3.15. The number of benzene rings is 1. The van der Waals surface area contributed by atoms with E-state index in [0.29, 0.717) is 0 Å². The summed E-state index contributed by atoms with van der Waals surface area (Å²) in [4.78, 5) is 15.3. The molecule has 1 heterocycles. The van der Waals surface area contributed by atoms with Gasteiger partial charge in [-0.25, -0.2) is 4.98 Å². The molecule has 1 aromatic carbocycles. The molecule has 1 aromatic heterocycles. The van der Waals surface area contributed by atoms with Crippen LogP contribution in [0.15, 0.2) is 30.6 Å². The van der Waals surface area contributed by atoms with Gasteiger partial charge in [0.2, 0.25) is 5.82 Å². The molecular weight excluding hydrogens is 192 g/mol. The molecule has 0 unspecified atom stereocenters. The summed E-state index contributed by atoms with van der Waals surface area (Å²) in [6.07, 6.45) is 1.37. The minimum Gasteiger partial charge on any atom is -0.319 e. The Balaban J connectivity index is 2.13. The fraction of sp³-hybridized carbons (Fsp3) is 0.100. The van der Waals surface area contributed by atoms with Crippen molar-refractivity contribution in [2.45, 2.75) is 6.92 Å². The number of rotatable bonds is 2. The van der Waals surface area contributed by atoms with Crippen LogP contribution in [0.3, 0.4) is 0 Å². The fourth-order valence-corrected chi connectivity index (χ4v) is 1.23. The summed E-state index contributed by atoms with van der Waals surface area (Å²) < 4.78 is 0. The SMILES string of the molecule is Cc1cccc(NC(=O)c2nc[nH]n2)c1. The first kappa shape index (κ1) is 9.39. The van der Waals surface area contributed by atoms with E-state index in [9.17, 15) is 4.79 Å². The van der Waals surface area contributed by atoms with Crippen LogP contribution in [0.1, 0.15) is 16.2 Å². The zero-order valence-electron chi connectivity index (χ0n) is 8.19. The molecule has 0 radical (unpaired) electrons. The lowest BCUT2D eigenvalue weighted by atomic mass is 10.2. The van der Waals surface area contributed by atoms with Crippen LogP contribution in [0.25, 0.3) is 0 Å². The zero-order chi connectivity index (χ0) is 10.7. The maximum absolute atomic E-state index is 11.5. The van der Waals surface area contributed by atoms with Crippen molar-refractivity contribution in [2.24, 2.45) is 0 Å². The lowest BCUT2D eigenvalue weighted by Crippen LogP contribution is -2.13. The van der Waals surface area contributed by atoms with Gasteiger partial charge in [0.1, 0.15) is 6.33 Å². The van der Waals surface area contributed by atoms with Crippen LogP contribution in [0, 0.1) is 6.92 Å². The Labute approximate surface area is 86.5 Å². The summed E-state index contributed by atoms with van der Waals surface area (Å²) in [5.74, 6) is -0.182. The summed E-state index contributed by atoms with van der Waals surface area (Å²) in [5.41, 5.74) is 1.83. The number of nitrogens with one attached hydrogen (secondary N) is 2. The molecule has 0 fully saturated rings. The number of aromatic nitrogens is 3. The van der Waals surface area contributed by atoms with Gasteiger partial charge in [0.05, 0.1) is 0 Å². The standard InChI is InChI=1S/C10H10N4O/c1-7-3-2-4-8(5-7)13-10(15)9-11-6-12-14-9/h2-6H,1H3,(H,13,15)(H,11,12,14). The van der Waals surface area contributed by atoms with Crippen LogP contribution < -0.4 is 5.32 Å². The van der Waals surface area contributed by atoms with Gasteiger partial charge in [0, 0.05) is 5.69 Å². The molecule has 2 N–H and O–H groups in total. The first-order valence-electron chi connectivity index (χ1n) is 4.49. The second-order valence-corrected chi connectivity index (χ2v) is 3.15. The lowest BCUT2D eigenvalue weighted by Gasteiger charge is -2.02. The number of H-pyrrole nitrogens is 1.